The number of carboxylic acid groups (broad SMARTS) is 1. The van der Waals surface area contributed by atoms with Crippen molar-refractivity contribution in [2.75, 3.05) is 26.2 Å². The van der Waals surface area contributed by atoms with Crippen LogP contribution in [0.1, 0.15) is 30.5 Å². The van der Waals surface area contributed by atoms with E-state index in [1.165, 1.54) is 0 Å². The summed E-state index contributed by atoms with van der Waals surface area (Å²) in [4.78, 5) is 13.8. The van der Waals surface area contributed by atoms with Crippen LogP contribution in [0.5, 0.6) is 0 Å². The predicted octanol–water partition coefficient (Wildman–Crippen LogP) is 1.67. The molecule has 2 rings (SSSR count). The molecule has 1 atom stereocenters. The van der Waals surface area contributed by atoms with Gasteiger partial charge >= 0.3 is 5.97 Å². The van der Waals surface area contributed by atoms with Gasteiger partial charge in [0.25, 0.3) is 0 Å². The second-order valence-corrected chi connectivity index (χ2v) is 4.93. The topological polar surface area (TPSA) is 52.6 Å². The van der Waals surface area contributed by atoms with Crippen LogP contribution in [0.4, 0.5) is 0 Å². The van der Waals surface area contributed by atoms with E-state index in [4.69, 9.17) is 0 Å². The number of aliphatic carboxylic acids is 1. The Morgan fingerprint density at radius 2 is 2.16 bits per heavy atom. The summed E-state index contributed by atoms with van der Waals surface area (Å²) < 4.78 is 0. The number of aryl methyl sites for hydroxylation is 1. The lowest BCUT2D eigenvalue weighted by molar-refractivity contribution is -0.143. The Morgan fingerprint density at radius 3 is 2.89 bits per heavy atom. The van der Waals surface area contributed by atoms with Crippen LogP contribution in [0.3, 0.4) is 0 Å². The highest BCUT2D eigenvalue weighted by Gasteiger charge is 2.29. The molecule has 0 amide bonds. The Morgan fingerprint density at radius 1 is 1.37 bits per heavy atom. The van der Waals surface area contributed by atoms with Crippen LogP contribution in [0, 0.1) is 0 Å². The smallest absolute Gasteiger partial charge is 0.325 e. The quantitative estimate of drug-likeness (QED) is 0.866. The van der Waals surface area contributed by atoms with Crippen molar-refractivity contribution in [1.82, 2.24) is 10.2 Å². The van der Waals surface area contributed by atoms with Gasteiger partial charge in [-0.1, -0.05) is 31.2 Å². The molecule has 1 aliphatic heterocycles. The van der Waals surface area contributed by atoms with Crippen LogP contribution in [-0.4, -0.2) is 42.2 Å². The first-order valence-corrected chi connectivity index (χ1v) is 6.99. The Kier molecular flexibility index (Phi) is 4.93. The zero-order valence-corrected chi connectivity index (χ0v) is 11.4. The van der Waals surface area contributed by atoms with Gasteiger partial charge < -0.3 is 10.4 Å². The largest absolute Gasteiger partial charge is 0.480 e. The maximum absolute atomic E-state index is 11.7. The molecule has 1 aromatic rings. The first kappa shape index (κ1) is 14.0. The van der Waals surface area contributed by atoms with Gasteiger partial charge in [-0.2, -0.15) is 0 Å². The molecule has 1 heterocycles. The van der Waals surface area contributed by atoms with Gasteiger partial charge in [-0.05, 0) is 30.5 Å². The van der Waals surface area contributed by atoms with Crippen LogP contribution in [0.2, 0.25) is 0 Å². The van der Waals surface area contributed by atoms with Crippen molar-refractivity contribution >= 4 is 5.97 Å². The SMILES string of the molecule is CCc1ccccc1C(C(=O)O)N1CCCNCC1. The van der Waals surface area contributed by atoms with Crippen LogP contribution >= 0.6 is 0 Å². The molecule has 0 saturated carbocycles. The summed E-state index contributed by atoms with van der Waals surface area (Å²) in [5.41, 5.74) is 2.08. The zero-order valence-electron chi connectivity index (χ0n) is 11.4. The lowest BCUT2D eigenvalue weighted by Crippen LogP contribution is -2.37. The molecule has 0 radical (unpaired) electrons. The molecule has 1 unspecified atom stereocenters. The maximum atomic E-state index is 11.7. The fraction of sp³-hybridized carbons (Fsp3) is 0.533. The highest BCUT2D eigenvalue weighted by Crippen LogP contribution is 2.25. The van der Waals surface area contributed by atoms with Gasteiger partial charge in [0.15, 0.2) is 0 Å². The van der Waals surface area contributed by atoms with Gasteiger partial charge in [-0.25, -0.2) is 0 Å². The Labute approximate surface area is 114 Å². The molecule has 4 nitrogen and oxygen atoms in total. The number of hydrogen-bond acceptors (Lipinski definition) is 3. The van der Waals surface area contributed by atoms with E-state index in [1.54, 1.807) is 0 Å². The molecule has 1 fully saturated rings. The summed E-state index contributed by atoms with van der Waals surface area (Å²) >= 11 is 0. The Bertz CT molecular complexity index is 426. The molecule has 1 aromatic carbocycles. The van der Waals surface area contributed by atoms with Crippen molar-refractivity contribution in [3.8, 4) is 0 Å². The summed E-state index contributed by atoms with van der Waals surface area (Å²) in [5.74, 6) is -0.747. The van der Waals surface area contributed by atoms with E-state index >= 15 is 0 Å². The number of benzene rings is 1. The lowest BCUT2D eigenvalue weighted by Gasteiger charge is -2.28. The van der Waals surface area contributed by atoms with Gasteiger partial charge in [0, 0.05) is 19.6 Å². The number of rotatable bonds is 4. The fourth-order valence-corrected chi connectivity index (χ4v) is 2.73. The molecular weight excluding hydrogens is 240 g/mol. The average molecular weight is 262 g/mol. The summed E-state index contributed by atoms with van der Waals surface area (Å²) in [6, 6.07) is 7.37. The van der Waals surface area contributed by atoms with E-state index in [0.717, 1.165) is 50.1 Å². The van der Waals surface area contributed by atoms with E-state index in [-0.39, 0.29) is 0 Å². The average Bonchev–Trinajstić information content (AvgIpc) is 2.68. The van der Waals surface area contributed by atoms with Crippen molar-refractivity contribution in [2.24, 2.45) is 0 Å². The number of hydrogen-bond donors (Lipinski definition) is 2. The molecule has 0 aliphatic carbocycles. The van der Waals surface area contributed by atoms with E-state index < -0.39 is 12.0 Å². The van der Waals surface area contributed by atoms with Crippen molar-refractivity contribution in [1.29, 1.82) is 0 Å². The summed E-state index contributed by atoms with van der Waals surface area (Å²) in [6.07, 6.45) is 1.87. The maximum Gasteiger partial charge on any atom is 0.325 e. The fourth-order valence-electron chi connectivity index (χ4n) is 2.73. The van der Waals surface area contributed by atoms with Crippen molar-refractivity contribution in [3.63, 3.8) is 0 Å². The molecule has 0 spiro atoms. The number of nitrogens with one attached hydrogen (secondary N) is 1. The first-order chi connectivity index (χ1) is 9.24. The minimum atomic E-state index is -0.747. The summed E-state index contributed by atoms with van der Waals surface area (Å²) in [7, 11) is 0. The Hall–Kier alpha value is -1.39. The van der Waals surface area contributed by atoms with Gasteiger partial charge in [0.1, 0.15) is 6.04 Å². The van der Waals surface area contributed by atoms with Crippen LogP contribution in [0.25, 0.3) is 0 Å². The van der Waals surface area contributed by atoms with Gasteiger partial charge in [-0.3, -0.25) is 9.69 Å². The van der Waals surface area contributed by atoms with Crippen molar-refractivity contribution in [3.05, 3.63) is 35.4 Å². The molecule has 104 valence electrons. The van der Waals surface area contributed by atoms with E-state index in [1.807, 2.05) is 24.3 Å². The van der Waals surface area contributed by atoms with E-state index in [9.17, 15) is 9.90 Å². The normalized spacial score (nSPS) is 18.8. The lowest BCUT2D eigenvalue weighted by atomic mass is 9.97. The number of carboxylic acids is 1. The van der Waals surface area contributed by atoms with Gasteiger partial charge in [-0.15, -0.1) is 0 Å². The monoisotopic (exact) mass is 262 g/mol. The molecule has 4 heteroatoms. The van der Waals surface area contributed by atoms with E-state index in [2.05, 4.69) is 17.1 Å². The molecule has 0 bridgehead atoms. The molecule has 2 N–H and O–H groups in total. The Balaban J connectivity index is 2.30. The third-order valence-corrected chi connectivity index (χ3v) is 3.70. The number of carbonyl (C=O) groups is 1. The van der Waals surface area contributed by atoms with Gasteiger partial charge in [0.2, 0.25) is 0 Å². The second-order valence-electron chi connectivity index (χ2n) is 4.93. The third-order valence-electron chi connectivity index (χ3n) is 3.70. The van der Waals surface area contributed by atoms with E-state index in [0.29, 0.717) is 0 Å². The van der Waals surface area contributed by atoms with Crippen LogP contribution < -0.4 is 5.32 Å². The highest BCUT2D eigenvalue weighted by molar-refractivity contribution is 5.76. The first-order valence-electron chi connectivity index (χ1n) is 6.99. The van der Waals surface area contributed by atoms with Crippen molar-refractivity contribution in [2.45, 2.75) is 25.8 Å². The van der Waals surface area contributed by atoms with Crippen LogP contribution in [-0.2, 0) is 11.2 Å². The summed E-state index contributed by atoms with van der Waals surface area (Å²) in [5, 5.41) is 12.9. The predicted molar refractivity (Wildman–Crippen MR) is 75.3 cm³/mol. The summed E-state index contributed by atoms with van der Waals surface area (Å²) in [6.45, 7) is 5.52. The third kappa shape index (κ3) is 3.33. The van der Waals surface area contributed by atoms with Gasteiger partial charge in [0.05, 0.1) is 0 Å². The van der Waals surface area contributed by atoms with Crippen molar-refractivity contribution < 1.29 is 9.90 Å². The number of nitrogens with zero attached hydrogens (tertiary/aromatic N) is 1. The highest BCUT2D eigenvalue weighted by atomic mass is 16.4. The zero-order chi connectivity index (χ0) is 13.7. The minimum Gasteiger partial charge on any atom is -0.480 e. The molecular formula is C15H22N2O2. The standard InChI is InChI=1S/C15H22N2O2/c1-2-12-6-3-4-7-13(12)14(15(18)19)17-10-5-8-16-9-11-17/h3-4,6-7,14,16H,2,5,8-11H2,1H3,(H,18,19). The van der Waals surface area contributed by atoms with Crippen LogP contribution in [0.15, 0.2) is 24.3 Å². The molecule has 1 aliphatic rings. The minimum absolute atomic E-state index is 0.518. The molecule has 0 aromatic heterocycles. The molecule has 1 saturated heterocycles. The molecule has 19 heavy (non-hydrogen) atoms. The second kappa shape index (κ2) is 6.68.